The molecule has 0 fully saturated rings. The van der Waals surface area contributed by atoms with E-state index in [0.717, 1.165) is 11.4 Å². The van der Waals surface area contributed by atoms with Gasteiger partial charge < -0.3 is 10.2 Å². The van der Waals surface area contributed by atoms with Crippen LogP contribution in [-0.2, 0) is 27.3 Å². The summed E-state index contributed by atoms with van der Waals surface area (Å²) in [6.07, 6.45) is 3.71. The van der Waals surface area contributed by atoms with Crippen molar-refractivity contribution in [3.63, 3.8) is 0 Å². The van der Waals surface area contributed by atoms with Gasteiger partial charge in [-0.15, -0.1) is 11.5 Å². The summed E-state index contributed by atoms with van der Waals surface area (Å²) in [6.45, 7) is 29.4. The SMILES string of the molecule is CC(C)(C)c1ccc(C(C)(C)C)c([O-])c1[O-].CC(C)c1cccc(C(C)C)c1N=CC=Nc1c(C(C)C)cccc1C(C)C.[Ni+2]. The Labute approximate surface area is 284 Å². The third kappa shape index (κ3) is 10.6. The van der Waals surface area contributed by atoms with Crippen molar-refractivity contribution in [1.29, 1.82) is 0 Å². The van der Waals surface area contributed by atoms with Crippen molar-refractivity contribution in [3.05, 3.63) is 81.9 Å². The van der Waals surface area contributed by atoms with E-state index >= 15 is 0 Å². The molecule has 3 aromatic rings. The van der Waals surface area contributed by atoms with Gasteiger partial charge in [-0.2, -0.15) is 0 Å². The van der Waals surface area contributed by atoms with Crippen molar-refractivity contribution < 1.29 is 26.7 Å². The minimum Gasteiger partial charge on any atom is -0.873 e. The summed E-state index contributed by atoms with van der Waals surface area (Å²) in [5.41, 5.74) is 8.03. The molecule has 45 heavy (non-hydrogen) atoms. The molecule has 0 saturated carbocycles. The summed E-state index contributed by atoms with van der Waals surface area (Å²) in [4.78, 5) is 9.68. The average molecular weight is 656 g/mol. The van der Waals surface area contributed by atoms with E-state index in [4.69, 9.17) is 9.98 Å². The maximum atomic E-state index is 12.0. The maximum absolute atomic E-state index is 12.0. The zero-order valence-electron chi connectivity index (χ0n) is 30.1. The molecule has 0 bridgehead atoms. The van der Waals surface area contributed by atoms with Gasteiger partial charge in [0.1, 0.15) is 0 Å². The molecule has 0 aromatic heterocycles. The smallest absolute Gasteiger partial charge is 0.873 e. The Balaban J connectivity index is 0.000000508. The van der Waals surface area contributed by atoms with Crippen molar-refractivity contribution in [2.45, 2.75) is 131 Å². The molecule has 3 rings (SSSR count). The first-order valence-corrected chi connectivity index (χ1v) is 16.1. The van der Waals surface area contributed by atoms with Crippen molar-refractivity contribution in [2.75, 3.05) is 0 Å². The van der Waals surface area contributed by atoms with Crippen LogP contribution in [0.1, 0.15) is 154 Å². The molecule has 5 heteroatoms. The molecule has 0 unspecified atom stereocenters. The molecule has 0 atom stereocenters. The van der Waals surface area contributed by atoms with Gasteiger partial charge in [0, 0.05) is 12.4 Å². The normalized spacial score (nSPS) is 12.4. The average Bonchev–Trinajstić information content (AvgIpc) is 2.90. The van der Waals surface area contributed by atoms with Crippen LogP contribution in [0.3, 0.4) is 0 Å². The van der Waals surface area contributed by atoms with E-state index in [1.54, 1.807) is 12.1 Å². The summed E-state index contributed by atoms with van der Waals surface area (Å²) >= 11 is 0. The summed E-state index contributed by atoms with van der Waals surface area (Å²) in [5.74, 6) is 1.07. The van der Waals surface area contributed by atoms with E-state index < -0.39 is 0 Å². The van der Waals surface area contributed by atoms with E-state index in [1.807, 2.05) is 54.0 Å². The Morgan fingerprint density at radius 1 is 0.489 bits per heavy atom. The standard InChI is InChI=1S/C26H36N2.C14H22O2.Ni/c1-17(2)21-11-9-12-22(18(3)4)25(21)27-15-16-28-26-23(19(5)6)13-10-14-24(26)20(7)8;1-13(2,3)9-7-8-10(14(4,5)6)12(16)11(9)15;/h9-20H,1-8H3;7-8,15-16H,1-6H3;/q;;+2/p-2. The molecule has 0 spiro atoms. The molecule has 0 aliphatic rings. The van der Waals surface area contributed by atoms with Gasteiger partial charge in [0.15, 0.2) is 0 Å². The quantitative estimate of drug-likeness (QED) is 0.188. The molecule has 0 saturated heterocycles. The first kappa shape index (κ1) is 40.1. The molecule has 248 valence electrons. The number of hydrogen-bond acceptors (Lipinski definition) is 4. The van der Waals surface area contributed by atoms with Crippen molar-refractivity contribution in [2.24, 2.45) is 9.98 Å². The molecule has 0 radical (unpaired) electrons. The fourth-order valence-corrected chi connectivity index (χ4v) is 5.28. The van der Waals surface area contributed by atoms with Gasteiger partial charge in [-0.25, -0.2) is 0 Å². The minimum atomic E-state index is -0.347. The Morgan fingerprint density at radius 3 is 0.933 bits per heavy atom. The van der Waals surface area contributed by atoms with E-state index in [1.165, 1.54) is 22.3 Å². The summed E-state index contributed by atoms with van der Waals surface area (Å²) < 4.78 is 0. The number of nitrogens with zero attached hydrogens (tertiary/aromatic N) is 2. The predicted molar refractivity (Wildman–Crippen MR) is 188 cm³/mol. The van der Waals surface area contributed by atoms with Crippen LogP contribution in [0.25, 0.3) is 0 Å². The molecular formula is C40H56N2NiO2. The largest absolute Gasteiger partial charge is 2.00 e. The second kappa shape index (κ2) is 16.6. The summed E-state index contributed by atoms with van der Waals surface area (Å²) in [5, 5.41) is 23.9. The molecule has 4 nitrogen and oxygen atoms in total. The summed E-state index contributed by atoms with van der Waals surface area (Å²) in [7, 11) is 0. The van der Waals surface area contributed by atoms with E-state index in [9.17, 15) is 10.2 Å². The van der Waals surface area contributed by atoms with Gasteiger partial charge >= 0.3 is 16.5 Å². The Kier molecular flexibility index (Phi) is 14.8. The minimum absolute atomic E-state index is 0. The Morgan fingerprint density at radius 2 is 0.733 bits per heavy atom. The number of para-hydroxylation sites is 2. The molecular weight excluding hydrogens is 599 g/mol. The van der Waals surface area contributed by atoms with Gasteiger partial charge in [-0.1, -0.05) is 157 Å². The fourth-order valence-electron chi connectivity index (χ4n) is 5.28. The van der Waals surface area contributed by atoms with E-state index in [0.29, 0.717) is 34.8 Å². The topological polar surface area (TPSA) is 70.8 Å². The Bertz CT molecular complexity index is 1290. The first-order chi connectivity index (χ1) is 20.3. The number of rotatable bonds is 7. The van der Waals surface area contributed by atoms with Gasteiger partial charge in [-0.05, 0) is 56.8 Å². The van der Waals surface area contributed by atoms with Crippen molar-refractivity contribution in [3.8, 4) is 11.5 Å². The third-order valence-corrected chi connectivity index (χ3v) is 7.89. The number of aliphatic imine (C=N–C) groups is 2. The zero-order chi connectivity index (χ0) is 33.6. The van der Waals surface area contributed by atoms with Crippen LogP contribution in [0.4, 0.5) is 11.4 Å². The van der Waals surface area contributed by atoms with Gasteiger partial charge in [0.05, 0.1) is 11.4 Å². The molecule has 0 amide bonds. The number of benzene rings is 3. The third-order valence-electron chi connectivity index (χ3n) is 7.89. The van der Waals surface area contributed by atoms with Crippen molar-refractivity contribution in [1.82, 2.24) is 0 Å². The van der Waals surface area contributed by atoms with Crippen molar-refractivity contribution >= 4 is 23.8 Å². The van der Waals surface area contributed by atoms with Crippen LogP contribution < -0.4 is 10.2 Å². The molecule has 0 heterocycles. The van der Waals surface area contributed by atoms with E-state index in [-0.39, 0.29) is 38.8 Å². The maximum Gasteiger partial charge on any atom is 2.00 e. The predicted octanol–water partition coefficient (Wildman–Crippen LogP) is 10.7. The van der Waals surface area contributed by atoms with Crippen LogP contribution in [0.2, 0.25) is 0 Å². The fraction of sp³-hybridized carbons (Fsp3) is 0.500. The molecule has 0 aliphatic heterocycles. The van der Waals surface area contributed by atoms with Gasteiger partial charge in [0.2, 0.25) is 0 Å². The Hall–Kier alpha value is -2.91. The first-order valence-electron chi connectivity index (χ1n) is 16.1. The van der Waals surface area contributed by atoms with Crippen LogP contribution in [0, 0.1) is 0 Å². The second-order valence-corrected chi connectivity index (χ2v) is 15.1. The number of hydrogen-bond donors (Lipinski definition) is 0. The van der Waals surface area contributed by atoms with Gasteiger partial charge in [0.25, 0.3) is 0 Å². The van der Waals surface area contributed by atoms with Crippen LogP contribution >= 0.6 is 0 Å². The van der Waals surface area contributed by atoms with Crippen LogP contribution in [0.5, 0.6) is 11.5 Å². The van der Waals surface area contributed by atoms with Gasteiger partial charge in [-0.3, -0.25) is 9.98 Å². The molecule has 0 aliphatic carbocycles. The van der Waals surface area contributed by atoms with Crippen LogP contribution in [0.15, 0.2) is 58.5 Å². The van der Waals surface area contributed by atoms with E-state index in [2.05, 4.69) is 91.8 Å². The zero-order valence-corrected chi connectivity index (χ0v) is 31.1. The molecule has 0 N–H and O–H groups in total. The second-order valence-electron chi connectivity index (χ2n) is 15.1. The monoisotopic (exact) mass is 654 g/mol. The van der Waals surface area contributed by atoms with Crippen LogP contribution in [-0.4, -0.2) is 12.4 Å². The summed E-state index contributed by atoms with van der Waals surface area (Å²) in [6, 6.07) is 16.6. The molecule has 3 aromatic carbocycles.